The molecular weight excluding hydrogens is 237 g/mol. The Morgan fingerprint density at radius 1 is 1.43 bits per heavy atom. The van der Waals surface area contributed by atoms with E-state index in [0.29, 0.717) is 0 Å². The molecule has 0 spiro atoms. The van der Waals surface area contributed by atoms with E-state index < -0.39 is 10.3 Å². The molecule has 0 atom stereocenters. The Bertz CT molecular complexity index is 421. The van der Waals surface area contributed by atoms with Crippen molar-refractivity contribution in [3.8, 4) is 0 Å². The van der Waals surface area contributed by atoms with Gasteiger partial charge in [-0.2, -0.15) is 0 Å². The van der Waals surface area contributed by atoms with Crippen LogP contribution < -0.4 is 34.3 Å². The van der Waals surface area contributed by atoms with Crippen molar-refractivity contribution >= 4 is 27.6 Å². The molecule has 0 aliphatic carbocycles. The van der Waals surface area contributed by atoms with Crippen molar-refractivity contribution in [1.29, 1.82) is 0 Å². The van der Waals surface area contributed by atoms with Crippen molar-refractivity contribution < 1.29 is 42.5 Å². The molecule has 1 aromatic carbocycles. The van der Waals surface area contributed by atoms with Gasteiger partial charge in [-0.1, -0.05) is 17.7 Å². The van der Waals surface area contributed by atoms with Crippen molar-refractivity contribution in [2.45, 2.75) is 6.92 Å². The maximum absolute atomic E-state index is 10.3. The molecule has 0 radical (unpaired) electrons. The van der Waals surface area contributed by atoms with E-state index in [-0.39, 0.29) is 40.3 Å². The summed E-state index contributed by atoms with van der Waals surface area (Å²) in [5.74, 6) is 0. The number of hydrogen-bond donors (Lipinski definition) is 1. The Labute approximate surface area is 110 Å². The van der Waals surface area contributed by atoms with Crippen LogP contribution in [0.15, 0.2) is 18.2 Å². The van der Waals surface area contributed by atoms with Crippen LogP contribution in [-0.2, 0) is 10.3 Å². The van der Waals surface area contributed by atoms with Crippen LogP contribution in [-0.4, -0.2) is 13.0 Å². The summed E-state index contributed by atoms with van der Waals surface area (Å²) in [6, 6.07) is 4.65. The van der Waals surface area contributed by atoms with Crippen LogP contribution in [0.5, 0.6) is 0 Å². The first-order valence-electron chi connectivity index (χ1n) is 3.38. The molecule has 14 heavy (non-hydrogen) atoms. The molecule has 0 amide bonds. The minimum absolute atomic E-state index is 0. The molecule has 0 unspecified atom stereocenters. The number of hydrogen-bond acceptors (Lipinski definition) is 3. The van der Waals surface area contributed by atoms with E-state index in [1.165, 1.54) is 6.07 Å². The third-order valence-corrected chi connectivity index (χ3v) is 2.14. The van der Waals surface area contributed by atoms with Crippen LogP contribution >= 0.6 is 11.6 Å². The number of anilines is 1. The summed E-state index contributed by atoms with van der Waals surface area (Å²) in [7, 11) is -4.50. The largest absolute Gasteiger partial charge is 1.00 e. The fourth-order valence-electron chi connectivity index (χ4n) is 0.838. The van der Waals surface area contributed by atoms with Gasteiger partial charge in [-0.15, -0.1) is 0 Å². The van der Waals surface area contributed by atoms with Gasteiger partial charge in [0.25, 0.3) is 0 Å². The third-order valence-electron chi connectivity index (χ3n) is 1.36. The van der Waals surface area contributed by atoms with Gasteiger partial charge in [0.1, 0.15) is 0 Å². The van der Waals surface area contributed by atoms with E-state index in [0.717, 1.165) is 5.56 Å². The minimum atomic E-state index is -4.50. The van der Waals surface area contributed by atoms with Gasteiger partial charge in [0.05, 0.1) is 10.7 Å². The molecule has 1 N–H and O–H groups in total. The van der Waals surface area contributed by atoms with Crippen molar-refractivity contribution in [2.75, 3.05) is 4.72 Å². The quantitative estimate of drug-likeness (QED) is 0.509. The minimum Gasteiger partial charge on any atom is -0.731 e. The van der Waals surface area contributed by atoms with Gasteiger partial charge in [0.2, 0.25) is 0 Å². The maximum atomic E-state index is 10.3. The van der Waals surface area contributed by atoms with E-state index >= 15 is 0 Å². The second-order valence-corrected chi connectivity index (χ2v) is 4.06. The number of aryl methyl sites for hydroxylation is 1. The molecule has 1 rings (SSSR count). The summed E-state index contributed by atoms with van der Waals surface area (Å²) in [5.41, 5.74) is 0.987. The fraction of sp³-hybridized carbons (Fsp3) is 0.143. The Kier molecular flexibility index (Phi) is 5.43. The van der Waals surface area contributed by atoms with Crippen molar-refractivity contribution in [3.05, 3.63) is 28.8 Å². The first-order valence-corrected chi connectivity index (χ1v) is 5.17. The molecular formula is C7H7ClNNaO3S. The van der Waals surface area contributed by atoms with Crippen LogP contribution in [0.4, 0.5) is 5.69 Å². The van der Waals surface area contributed by atoms with Crippen LogP contribution in [0.2, 0.25) is 5.02 Å². The van der Waals surface area contributed by atoms with Crippen LogP contribution in [0, 0.1) is 6.92 Å². The van der Waals surface area contributed by atoms with Crippen molar-refractivity contribution in [2.24, 2.45) is 0 Å². The van der Waals surface area contributed by atoms with Gasteiger partial charge in [0, 0.05) is 0 Å². The topological polar surface area (TPSA) is 69.2 Å². The maximum Gasteiger partial charge on any atom is 1.00 e. The first kappa shape index (κ1) is 14.2. The Balaban J connectivity index is 0.00000169. The number of nitrogens with one attached hydrogen (secondary N) is 1. The molecule has 0 heterocycles. The van der Waals surface area contributed by atoms with E-state index in [9.17, 15) is 13.0 Å². The SMILES string of the molecule is Cc1ccc(NS(=O)(=O)[O-])c(Cl)c1.[Na+]. The van der Waals surface area contributed by atoms with Gasteiger partial charge in [-0.25, -0.2) is 8.42 Å². The standard InChI is InChI=1S/C7H8ClNO3S.Na/c1-5-2-3-7(6(8)4-5)9-13(10,11)12;/h2-4,9H,1H3,(H,10,11,12);/q;+1/p-1. The summed E-state index contributed by atoms with van der Waals surface area (Å²) < 4.78 is 32.7. The van der Waals surface area contributed by atoms with Gasteiger partial charge in [-0.05, 0) is 24.6 Å². The monoisotopic (exact) mass is 243 g/mol. The molecule has 7 heteroatoms. The second kappa shape index (κ2) is 5.34. The predicted octanol–water partition coefficient (Wildman–Crippen LogP) is -1.48. The van der Waals surface area contributed by atoms with Gasteiger partial charge in [-0.3, -0.25) is 4.72 Å². The zero-order valence-corrected chi connectivity index (χ0v) is 11.3. The third kappa shape index (κ3) is 4.63. The summed E-state index contributed by atoms with van der Waals surface area (Å²) >= 11 is 5.67. The fourth-order valence-corrected chi connectivity index (χ4v) is 1.62. The molecule has 0 fully saturated rings. The molecule has 4 nitrogen and oxygen atoms in total. The zero-order chi connectivity index (χ0) is 10.1. The Hall–Kier alpha value is 0.220. The van der Waals surface area contributed by atoms with E-state index in [1.807, 2.05) is 0 Å². The molecule has 0 aliphatic rings. The van der Waals surface area contributed by atoms with Crippen LogP contribution in [0.1, 0.15) is 5.56 Å². The molecule has 0 saturated heterocycles. The number of rotatable bonds is 2. The number of benzene rings is 1. The predicted molar refractivity (Wildman–Crippen MR) is 49.5 cm³/mol. The summed E-state index contributed by atoms with van der Waals surface area (Å²) in [5, 5.41) is 0.208. The molecule has 0 aliphatic heterocycles. The summed E-state index contributed by atoms with van der Waals surface area (Å²) in [6.07, 6.45) is 0. The summed E-state index contributed by atoms with van der Waals surface area (Å²) in [6.45, 7) is 1.81. The Morgan fingerprint density at radius 2 is 2.00 bits per heavy atom. The number of halogens is 1. The van der Waals surface area contributed by atoms with E-state index in [2.05, 4.69) is 0 Å². The second-order valence-electron chi connectivity index (χ2n) is 2.54. The van der Waals surface area contributed by atoms with Gasteiger partial charge >= 0.3 is 29.6 Å². The van der Waals surface area contributed by atoms with E-state index in [1.54, 1.807) is 23.8 Å². The first-order chi connectivity index (χ1) is 5.88. The van der Waals surface area contributed by atoms with Crippen LogP contribution in [0.25, 0.3) is 0 Å². The van der Waals surface area contributed by atoms with Crippen molar-refractivity contribution in [3.63, 3.8) is 0 Å². The Morgan fingerprint density at radius 3 is 2.43 bits per heavy atom. The molecule has 1 aromatic rings. The van der Waals surface area contributed by atoms with Crippen LogP contribution in [0.3, 0.4) is 0 Å². The van der Waals surface area contributed by atoms with Crippen molar-refractivity contribution in [1.82, 2.24) is 0 Å². The zero-order valence-electron chi connectivity index (χ0n) is 7.74. The normalized spacial score (nSPS) is 10.5. The molecule has 0 aromatic heterocycles. The van der Waals surface area contributed by atoms with Gasteiger partial charge < -0.3 is 4.55 Å². The molecule has 72 valence electrons. The molecule has 0 saturated carbocycles. The molecule has 0 bridgehead atoms. The average Bonchev–Trinajstić information content (AvgIpc) is 1.93. The summed E-state index contributed by atoms with van der Waals surface area (Å²) in [4.78, 5) is 0. The van der Waals surface area contributed by atoms with Gasteiger partial charge in [0.15, 0.2) is 10.3 Å². The van der Waals surface area contributed by atoms with E-state index in [4.69, 9.17) is 11.6 Å². The average molecular weight is 244 g/mol. The smallest absolute Gasteiger partial charge is 0.731 e.